The van der Waals surface area contributed by atoms with E-state index in [-0.39, 0.29) is 43.2 Å². The first-order chi connectivity index (χ1) is 31.4. The third-order valence-electron chi connectivity index (χ3n) is 11.1. The van der Waals surface area contributed by atoms with Crippen LogP contribution in [0.5, 0.6) is 5.75 Å². The van der Waals surface area contributed by atoms with Gasteiger partial charge in [0.2, 0.25) is 0 Å². The topological polar surface area (TPSA) is 50.9 Å². The number of nitrogens with zero attached hydrogens (tertiary/aromatic N) is 3. The summed E-state index contributed by atoms with van der Waals surface area (Å²) in [4.78, 5) is 10.3. The first kappa shape index (κ1) is 35.1. The molecule has 0 aliphatic carbocycles. The third-order valence-corrected chi connectivity index (χ3v) is 11.1. The van der Waals surface area contributed by atoms with E-state index in [1.54, 1.807) is 18.3 Å². The second-order valence-electron chi connectivity index (χ2n) is 18.3. The molecule has 5 heteroatoms. The Kier molecular flexibility index (Phi) is 9.81. The van der Waals surface area contributed by atoms with Crippen molar-refractivity contribution in [3.05, 3.63) is 167 Å². The zero-order valence-electron chi connectivity index (χ0n) is 43.3. The van der Waals surface area contributed by atoms with E-state index in [0.717, 1.165) is 56.6 Å². The summed E-state index contributed by atoms with van der Waals surface area (Å²) in [5.74, 6) is 1.21. The minimum Gasteiger partial charge on any atom is -0.507 e. The molecule has 0 radical (unpaired) electrons. The molecule has 0 aliphatic heterocycles. The van der Waals surface area contributed by atoms with Gasteiger partial charge in [-0.05, 0) is 101 Å². The fourth-order valence-electron chi connectivity index (χ4n) is 7.83. The molecule has 0 amide bonds. The summed E-state index contributed by atoms with van der Waals surface area (Å²) in [6.45, 7) is 16.4. The van der Waals surface area contributed by atoms with Crippen molar-refractivity contribution in [2.24, 2.45) is 5.92 Å². The largest absolute Gasteiger partial charge is 0.507 e. The molecule has 0 aliphatic rings. The average Bonchev–Trinajstić information content (AvgIpc) is 3.65. The van der Waals surface area contributed by atoms with Crippen molar-refractivity contribution in [3.8, 4) is 67.5 Å². The number of fused-ring (bicyclic) bond motifs is 1. The van der Waals surface area contributed by atoms with Crippen LogP contribution in [0.4, 0.5) is 0 Å². The van der Waals surface area contributed by atoms with Crippen LogP contribution in [0.25, 0.3) is 72.7 Å². The normalized spacial score (nSPS) is 13.8. The third kappa shape index (κ3) is 8.93. The molecule has 0 bridgehead atoms. The zero-order chi connectivity index (χ0) is 48.5. The number of imidazole rings is 1. The van der Waals surface area contributed by atoms with Gasteiger partial charge < -0.3 is 5.11 Å². The predicted molar refractivity (Wildman–Crippen MR) is 252 cm³/mol. The molecule has 0 fully saturated rings. The molecule has 2 aromatic heterocycles. The zero-order valence-corrected chi connectivity index (χ0v) is 38.6. The number of rotatable bonds is 8. The van der Waals surface area contributed by atoms with E-state index in [0.29, 0.717) is 39.6 Å². The Morgan fingerprint density at radius 1 is 0.721 bits per heavy atom. The van der Waals surface area contributed by atoms with Gasteiger partial charge in [0.1, 0.15) is 11.6 Å². The number of hydrogen-bond donors (Lipinski definition) is 1. The number of aromatic hydroxyl groups is 1. The van der Waals surface area contributed by atoms with E-state index in [4.69, 9.17) is 19.6 Å². The Labute approximate surface area is 386 Å². The van der Waals surface area contributed by atoms with E-state index in [9.17, 15) is 5.11 Å². The Hall–Kier alpha value is -5.57. The van der Waals surface area contributed by atoms with Crippen molar-refractivity contribution >= 4 is 11.0 Å². The molecule has 1 N–H and O–H groups in total. The van der Waals surface area contributed by atoms with Gasteiger partial charge in [0, 0.05) is 42.6 Å². The number of hydrogen-bond acceptors (Lipinski definition) is 3. The molecule has 0 atom stereocenters. The number of aromatic nitrogens is 3. The van der Waals surface area contributed by atoms with Crippen LogP contribution in [0.2, 0.25) is 0 Å². The minimum absolute atomic E-state index is 0. The first-order valence-corrected chi connectivity index (χ1v) is 20.6. The summed E-state index contributed by atoms with van der Waals surface area (Å²) in [5.41, 5.74) is 11.1. The van der Waals surface area contributed by atoms with Crippen LogP contribution in [-0.4, -0.2) is 19.6 Å². The summed E-state index contributed by atoms with van der Waals surface area (Å²) in [5, 5.41) is 12.0. The molecule has 4 nitrogen and oxygen atoms in total. The van der Waals surface area contributed by atoms with Crippen LogP contribution in [0.1, 0.15) is 92.8 Å². The molecule has 0 spiro atoms. The van der Waals surface area contributed by atoms with Gasteiger partial charge in [-0.1, -0.05) is 157 Å². The smallest absolute Gasteiger partial charge is 0.148 e. The monoisotopic (exact) mass is 988 g/mol. The molecule has 61 heavy (non-hydrogen) atoms. The van der Waals surface area contributed by atoms with E-state index in [1.807, 2.05) is 37.3 Å². The van der Waals surface area contributed by atoms with Crippen LogP contribution < -0.4 is 0 Å². The van der Waals surface area contributed by atoms with Crippen molar-refractivity contribution in [2.45, 2.75) is 86.4 Å². The van der Waals surface area contributed by atoms with Crippen LogP contribution in [0.15, 0.2) is 133 Å². The van der Waals surface area contributed by atoms with Gasteiger partial charge in [-0.25, -0.2) is 4.98 Å². The first-order valence-electron chi connectivity index (χ1n) is 24.1. The fourth-order valence-corrected chi connectivity index (χ4v) is 7.83. The number of aryl methyl sites for hydroxylation is 1. The van der Waals surface area contributed by atoms with E-state index < -0.39 is 36.6 Å². The van der Waals surface area contributed by atoms with Gasteiger partial charge in [0.05, 0.1) is 27.8 Å². The molecule has 0 saturated heterocycles. The molecule has 0 unspecified atom stereocenters. The molecular weight excluding hydrogens is 926 g/mol. The second kappa shape index (κ2) is 17.1. The van der Waals surface area contributed by atoms with Gasteiger partial charge in [0.25, 0.3) is 0 Å². The van der Waals surface area contributed by atoms with Gasteiger partial charge in [-0.15, -0.1) is 29.3 Å². The van der Waals surface area contributed by atoms with Gasteiger partial charge >= 0.3 is 0 Å². The predicted octanol–water partition coefficient (Wildman–Crippen LogP) is 14.7. The second-order valence-corrected chi connectivity index (χ2v) is 18.3. The van der Waals surface area contributed by atoms with Crippen LogP contribution in [0.3, 0.4) is 0 Å². The Morgan fingerprint density at radius 3 is 2.11 bits per heavy atom. The molecule has 8 rings (SSSR count). The molecular formula is C56H56N3OPt-. The Balaban J connectivity index is 0.00000684. The van der Waals surface area contributed by atoms with E-state index in [2.05, 4.69) is 127 Å². The van der Waals surface area contributed by atoms with Crippen molar-refractivity contribution in [2.75, 3.05) is 0 Å². The number of phenolic OH excluding ortho intramolecular Hbond substituents is 1. The van der Waals surface area contributed by atoms with Crippen molar-refractivity contribution < 1.29 is 35.8 Å². The van der Waals surface area contributed by atoms with Crippen LogP contribution in [0, 0.1) is 25.8 Å². The molecule has 2 heterocycles. The molecule has 312 valence electrons. The molecule has 6 aromatic carbocycles. The van der Waals surface area contributed by atoms with E-state index >= 15 is 0 Å². The quantitative estimate of drug-likeness (QED) is 0.154. The molecule has 8 aromatic rings. The standard InChI is InChI=1S/C56H56N3O.Pt/c1-35(2)27-38-21-24-50(47(29-38)40-15-12-11-13-16-40)59-51-18-14-17-46(52(51)58-54(59)48-34-44(55(5,6)7)28-37(4)53(48)60)42-30-43(32-45(31-42)56(8,9)10)49-33-41(25-26-57-49)39-22-19-36(3)20-23-39;/h11-26,28-29,31-35,60H,27H2,1-10H3;/q-1;/i3D3,19D,20D,22D,23D;. The fraction of sp³-hybridized carbons (Fsp3) is 0.250. The summed E-state index contributed by atoms with van der Waals surface area (Å²) in [7, 11) is 0. The van der Waals surface area contributed by atoms with Crippen molar-refractivity contribution in [1.82, 2.24) is 14.5 Å². The number of phenols is 1. The number of benzene rings is 6. The average molecular weight is 989 g/mol. The Morgan fingerprint density at radius 2 is 1.43 bits per heavy atom. The summed E-state index contributed by atoms with van der Waals surface area (Å²) >= 11 is 0. The van der Waals surface area contributed by atoms with E-state index in [1.165, 1.54) is 5.56 Å². The van der Waals surface area contributed by atoms with Crippen LogP contribution >= 0.6 is 0 Å². The summed E-state index contributed by atoms with van der Waals surface area (Å²) < 4.78 is 60.6. The van der Waals surface area contributed by atoms with Gasteiger partial charge in [0.15, 0.2) is 0 Å². The maximum atomic E-state index is 12.0. The minimum atomic E-state index is -2.82. The number of pyridine rings is 1. The summed E-state index contributed by atoms with van der Waals surface area (Å²) in [6.07, 6.45) is 2.47. The Bertz CT molecular complexity index is 3190. The maximum Gasteiger partial charge on any atom is 0.148 e. The summed E-state index contributed by atoms with van der Waals surface area (Å²) in [6, 6.07) is 36.3. The van der Waals surface area contributed by atoms with Gasteiger partial charge in [-0.2, -0.15) is 0 Å². The number of para-hydroxylation sites is 1. The van der Waals surface area contributed by atoms with Crippen molar-refractivity contribution in [1.29, 1.82) is 0 Å². The van der Waals surface area contributed by atoms with Crippen molar-refractivity contribution in [3.63, 3.8) is 0 Å². The van der Waals surface area contributed by atoms with Crippen LogP contribution in [-0.2, 0) is 38.3 Å². The molecule has 0 saturated carbocycles. The van der Waals surface area contributed by atoms with Gasteiger partial charge in [-0.3, -0.25) is 9.55 Å². The SMILES string of the molecule is [2H]c1c([2H])c(C([2H])([2H])[2H])c([2H])c([2H])c1-c1ccnc(-c2[c-]c(-c3cccc4c3nc(-c3cc(C(C)(C)C)cc(C)c3O)n4-c3ccc(CC(C)C)cc3-c3ccccc3)cc(C(C)(C)C)c2)c1.[Pt]. The maximum absolute atomic E-state index is 12.0.